The van der Waals surface area contributed by atoms with E-state index in [1.54, 1.807) is 12.1 Å². The van der Waals surface area contributed by atoms with Gasteiger partial charge in [-0.05, 0) is 42.2 Å². The molecule has 2 aromatic rings. The number of carbonyl (C=O) groups is 2. The molecular weight excluding hydrogens is 376 g/mol. The zero-order valence-electron chi connectivity index (χ0n) is 16.4. The van der Waals surface area contributed by atoms with Crippen molar-refractivity contribution in [2.75, 3.05) is 0 Å². The summed E-state index contributed by atoms with van der Waals surface area (Å²) in [5.41, 5.74) is 0.781. The van der Waals surface area contributed by atoms with Crippen LogP contribution in [0.3, 0.4) is 0 Å². The molecule has 7 nitrogen and oxygen atoms in total. The number of halogens is 1. The van der Waals surface area contributed by atoms with Crippen LogP contribution < -0.4 is 10.6 Å². The van der Waals surface area contributed by atoms with Gasteiger partial charge in [0.2, 0.25) is 5.91 Å². The predicted molar refractivity (Wildman–Crippen MR) is 107 cm³/mol. The lowest BCUT2D eigenvalue weighted by atomic mass is 9.75. The van der Waals surface area contributed by atoms with Gasteiger partial charge in [-0.1, -0.05) is 32.0 Å². The number of benzene rings is 1. The second-order valence-electron chi connectivity index (χ2n) is 7.23. The fourth-order valence-corrected chi connectivity index (χ4v) is 2.84. The maximum atomic E-state index is 13.2. The van der Waals surface area contributed by atoms with Crippen molar-refractivity contribution in [1.29, 1.82) is 0 Å². The van der Waals surface area contributed by atoms with E-state index >= 15 is 0 Å². The summed E-state index contributed by atoms with van der Waals surface area (Å²) in [4.78, 5) is 29.3. The van der Waals surface area contributed by atoms with Gasteiger partial charge < -0.3 is 20.7 Å². The smallest absolute Gasteiger partial charge is 0.426 e. The zero-order chi connectivity index (χ0) is 21.4. The number of aromatic nitrogens is 1. The van der Waals surface area contributed by atoms with E-state index in [0.29, 0.717) is 12.0 Å². The predicted octanol–water partition coefficient (Wildman–Crippen LogP) is 1.10. The first-order valence-electron chi connectivity index (χ1n) is 9.39. The molecule has 0 spiro atoms. The van der Waals surface area contributed by atoms with Crippen LogP contribution in [-0.4, -0.2) is 45.9 Å². The molecule has 2 amide bonds. The maximum absolute atomic E-state index is 13.2. The molecule has 4 N–H and O–H groups in total. The van der Waals surface area contributed by atoms with Crippen molar-refractivity contribution in [2.24, 2.45) is 5.92 Å². The summed E-state index contributed by atoms with van der Waals surface area (Å²) < 4.78 is 13.2. The van der Waals surface area contributed by atoms with Crippen LogP contribution in [0.25, 0.3) is 0 Å². The Labute approximate surface area is 169 Å². The molecular formula is C20H25BFN3O4. The molecule has 0 saturated carbocycles. The molecule has 154 valence electrons. The number of carbonyl (C=O) groups excluding carboxylic acids is 2. The Morgan fingerprint density at radius 3 is 2.34 bits per heavy atom. The highest BCUT2D eigenvalue weighted by molar-refractivity contribution is 6.43. The highest BCUT2D eigenvalue weighted by atomic mass is 19.1. The Morgan fingerprint density at radius 2 is 1.79 bits per heavy atom. The highest BCUT2D eigenvalue weighted by Gasteiger charge is 2.30. The molecule has 0 aliphatic carbocycles. The second-order valence-corrected chi connectivity index (χ2v) is 7.23. The molecule has 0 aliphatic heterocycles. The van der Waals surface area contributed by atoms with Gasteiger partial charge in [-0.2, -0.15) is 0 Å². The summed E-state index contributed by atoms with van der Waals surface area (Å²) in [5.74, 6) is -2.30. The lowest BCUT2D eigenvalue weighted by molar-refractivity contribution is -0.123. The lowest BCUT2D eigenvalue weighted by Gasteiger charge is -2.24. The van der Waals surface area contributed by atoms with E-state index in [1.807, 2.05) is 13.8 Å². The molecule has 0 radical (unpaired) electrons. The third kappa shape index (κ3) is 7.28. The quantitative estimate of drug-likeness (QED) is 0.471. The van der Waals surface area contributed by atoms with Gasteiger partial charge in [0.15, 0.2) is 0 Å². The van der Waals surface area contributed by atoms with Crippen molar-refractivity contribution in [1.82, 2.24) is 15.6 Å². The van der Waals surface area contributed by atoms with Crippen LogP contribution in [0, 0.1) is 11.7 Å². The van der Waals surface area contributed by atoms with Crippen molar-refractivity contribution in [2.45, 2.75) is 38.7 Å². The maximum Gasteiger partial charge on any atom is 0.475 e. The van der Waals surface area contributed by atoms with Gasteiger partial charge in [0.1, 0.15) is 17.6 Å². The van der Waals surface area contributed by atoms with Crippen molar-refractivity contribution in [3.8, 4) is 0 Å². The van der Waals surface area contributed by atoms with Gasteiger partial charge in [-0.3, -0.25) is 14.6 Å². The van der Waals surface area contributed by atoms with Crippen molar-refractivity contribution < 1.29 is 24.0 Å². The number of rotatable bonds is 9. The summed E-state index contributed by atoms with van der Waals surface area (Å²) in [7, 11) is -1.74. The molecule has 29 heavy (non-hydrogen) atoms. The highest BCUT2D eigenvalue weighted by Crippen LogP contribution is 2.10. The van der Waals surface area contributed by atoms with E-state index in [2.05, 4.69) is 15.6 Å². The summed E-state index contributed by atoms with van der Waals surface area (Å²) in [5, 5.41) is 24.4. The number of amides is 2. The van der Waals surface area contributed by atoms with Crippen molar-refractivity contribution in [3.05, 3.63) is 65.7 Å². The molecule has 1 aromatic carbocycles. The van der Waals surface area contributed by atoms with Gasteiger partial charge in [-0.15, -0.1) is 0 Å². The molecule has 1 heterocycles. The minimum Gasteiger partial charge on any atom is -0.426 e. The Morgan fingerprint density at radius 1 is 1.10 bits per heavy atom. The molecule has 2 unspecified atom stereocenters. The van der Waals surface area contributed by atoms with Crippen LogP contribution >= 0.6 is 0 Å². The molecule has 0 fully saturated rings. The Bertz CT molecular complexity index is 803. The van der Waals surface area contributed by atoms with Crippen molar-refractivity contribution >= 4 is 18.9 Å². The molecule has 0 aliphatic rings. The number of nitrogens with one attached hydrogen (secondary N) is 2. The van der Waals surface area contributed by atoms with Crippen LogP contribution in [0.5, 0.6) is 0 Å². The van der Waals surface area contributed by atoms with Gasteiger partial charge >= 0.3 is 7.12 Å². The minimum absolute atomic E-state index is 0.0978. The summed E-state index contributed by atoms with van der Waals surface area (Å²) in [6, 6.07) is 9.40. The van der Waals surface area contributed by atoms with E-state index in [9.17, 15) is 24.0 Å². The first kappa shape index (κ1) is 22.5. The average molecular weight is 401 g/mol. The Kier molecular flexibility index (Phi) is 8.29. The zero-order valence-corrected chi connectivity index (χ0v) is 16.4. The monoisotopic (exact) mass is 401 g/mol. The average Bonchev–Trinajstić information content (AvgIpc) is 2.68. The van der Waals surface area contributed by atoms with Crippen LogP contribution in [0.15, 0.2) is 48.7 Å². The Hall–Kier alpha value is -2.78. The lowest BCUT2D eigenvalue weighted by Crippen LogP contribution is -2.55. The van der Waals surface area contributed by atoms with E-state index in [4.69, 9.17) is 0 Å². The van der Waals surface area contributed by atoms with Crippen LogP contribution in [0.2, 0.25) is 0 Å². The van der Waals surface area contributed by atoms with Crippen molar-refractivity contribution in [3.63, 3.8) is 0 Å². The van der Waals surface area contributed by atoms with Gasteiger partial charge in [0.25, 0.3) is 5.91 Å². The van der Waals surface area contributed by atoms with Crippen LogP contribution in [-0.2, 0) is 11.2 Å². The summed E-state index contributed by atoms with van der Waals surface area (Å²) in [6.45, 7) is 3.78. The van der Waals surface area contributed by atoms with Gasteiger partial charge in [0.05, 0.1) is 5.94 Å². The van der Waals surface area contributed by atoms with E-state index in [-0.39, 0.29) is 18.0 Å². The SMILES string of the molecule is CC(C)CC(NC(=O)C(Cc1ccc(F)cc1)NC(=O)c1ccccn1)B(O)O. The second kappa shape index (κ2) is 10.7. The molecule has 0 bridgehead atoms. The van der Waals surface area contributed by atoms with Crippen LogP contribution in [0.1, 0.15) is 36.3 Å². The first-order chi connectivity index (χ1) is 13.8. The van der Waals surface area contributed by atoms with E-state index in [0.717, 1.165) is 0 Å². The minimum atomic E-state index is -1.74. The number of nitrogens with zero attached hydrogens (tertiary/aromatic N) is 1. The normalized spacial score (nSPS) is 12.9. The molecule has 2 atom stereocenters. The Balaban J connectivity index is 2.19. The summed E-state index contributed by atoms with van der Waals surface area (Å²) in [6.07, 6.45) is 1.91. The van der Waals surface area contributed by atoms with E-state index < -0.39 is 36.7 Å². The largest absolute Gasteiger partial charge is 0.475 e. The topological polar surface area (TPSA) is 112 Å². The number of hydrogen-bond donors (Lipinski definition) is 4. The number of pyridine rings is 1. The third-order valence-electron chi connectivity index (χ3n) is 4.29. The molecule has 0 saturated heterocycles. The third-order valence-corrected chi connectivity index (χ3v) is 4.29. The first-order valence-corrected chi connectivity index (χ1v) is 9.39. The molecule has 9 heteroatoms. The van der Waals surface area contributed by atoms with Gasteiger partial charge in [-0.25, -0.2) is 4.39 Å². The fraction of sp³-hybridized carbons (Fsp3) is 0.350. The standard InChI is InChI=1S/C20H25BFN3O4/c1-13(2)11-18(21(28)29)25-20(27)17(12-14-6-8-15(22)9-7-14)24-19(26)16-5-3-4-10-23-16/h3-10,13,17-18,28-29H,11-12H2,1-2H3,(H,24,26)(H,25,27). The summed E-state index contributed by atoms with van der Waals surface area (Å²) >= 11 is 0. The number of hydrogen-bond acceptors (Lipinski definition) is 5. The molecule has 2 rings (SSSR count). The van der Waals surface area contributed by atoms with Crippen LogP contribution in [0.4, 0.5) is 4.39 Å². The van der Waals surface area contributed by atoms with Gasteiger partial charge in [0, 0.05) is 12.6 Å². The fourth-order valence-electron chi connectivity index (χ4n) is 2.84. The molecule has 1 aromatic heterocycles. The van der Waals surface area contributed by atoms with E-state index in [1.165, 1.54) is 36.5 Å².